The van der Waals surface area contributed by atoms with Gasteiger partial charge < -0.3 is 10.1 Å². The van der Waals surface area contributed by atoms with Gasteiger partial charge in [-0.3, -0.25) is 0 Å². The topological polar surface area (TPSA) is 61.9 Å². The van der Waals surface area contributed by atoms with E-state index in [0.29, 0.717) is 32.8 Å². The van der Waals surface area contributed by atoms with Crippen molar-refractivity contribution in [2.45, 2.75) is 25.8 Å². The maximum Gasteiger partial charge on any atom is 0.282 e. The van der Waals surface area contributed by atoms with Gasteiger partial charge in [-0.05, 0) is 19.4 Å². The van der Waals surface area contributed by atoms with E-state index in [4.69, 9.17) is 4.74 Å². The third kappa shape index (κ3) is 3.03. The SMILES string of the molecule is CCN(C1CCCNC1)S(=O)(=O)N1CCOCC1. The molecule has 2 aliphatic rings. The molecular formula is C11H23N3O3S. The number of hydrogen-bond donors (Lipinski definition) is 1. The highest BCUT2D eigenvalue weighted by atomic mass is 32.2. The molecule has 0 aliphatic carbocycles. The molecule has 106 valence electrons. The average molecular weight is 277 g/mol. The van der Waals surface area contributed by atoms with E-state index < -0.39 is 10.2 Å². The van der Waals surface area contributed by atoms with Gasteiger partial charge in [-0.2, -0.15) is 17.0 Å². The van der Waals surface area contributed by atoms with Crippen LogP contribution in [0.25, 0.3) is 0 Å². The fourth-order valence-corrected chi connectivity index (χ4v) is 4.40. The molecule has 0 bridgehead atoms. The van der Waals surface area contributed by atoms with E-state index >= 15 is 0 Å². The normalized spacial score (nSPS) is 27.6. The molecule has 0 amide bonds. The van der Waals surface area contributed by atoms with Crippen LogP contribution in [0.5, 0.6) is 0 Å². The lowest BCUT2D eigenvalue weighted by molar-refractivity contribution is 0.0689. The van der Waals surface area contributed by atoms with Crippen molar-refractivity contribution >= 4 is 10.2 Å². The highest BCUT2D eigenvalue weighted by molar-refractivity contribution is 7.86. The van der Waals surface area contributed by atoms with Gasteiger partial charge in [-0.15, -0.1) is 0 Å². The molecule has 0 aromatic heterocycles. The molecule has 2 aliphatic heterocycles. The minimum absolute atomic E-state index is 0.0941. The Bertz CT molecular complexity index is 349. The number of likely N-dealkylation sites (N-methyl/N-ethyl adjacent to an activating group) is 1. The molecule has 0 radical (unpaired) electrons. The number of ether oxygens (including phenoxy) is 1. The van der Waals surface area contributed by atoms with Crippen LogP contribution in [0.1, 0.15) is 19.8 Å². The lowest BCUT2D eigenvalue weighted by Gasteiger charge is -2.37. The first kappa shape index (κ1) is 14.2. The van der Waals surface area contributed by atoms with E-state index in [1.807, 2.05) is 6.92 Å². The molecule has 1 atom stereocenters. The predicted octanol–water partition coefficient (Wildman–Crippen LogP) is -0.363. The van der Waals surface area contributed by atoms with E-state index in [1.165, 1.54) is 0 Å². The molecule has 2 rings (SSSR count). The first-order valence-electron chi connectivity index (χ1n) is 6.71. The smallest absolute Gasteiger partial charge is 0.282 e. The molecular weight excluding hydrogens is 254 g/mol. The highest BCUT2D eigenvalue weighted by Crippen LogP contribution is 2.18. The van der Waals surface area contributed by atoms with Crippen molar-refractivity contribution in [3.8, 4) is 0 Å². The van der Waals surface area contributed by atoms with Gasteiger partial charge in [0.05, 0.1) is 13.2 Å². The van der Waals surface area contributed by atoms with Crippen molar-refractivity contribution in [1.29, 1.82) is 0 Å². The Morgan fingerprint density at radius 2 is 2.11 bits per heavy atom. The largest absolute Gasteiger partial charge is 0.379 e. The van der Waals surface area contributed by atoms with E-state index in [0.717, 1.165) is 25.9 Å². The summed E-state index contributed by atoms with van der Waals surface area (Å²) in [5.41, 5.74) is 0. The molecule has 1 N–H and O–H groups in total. The van der Waals surface area contributed by atoms with Crippen LogP contribution in [0.15, 0.2) is 0 Å². The zero-order valence-electron chi connectivity index (χ0n) is 11.0. The minimum Gasteiger partial charge on any atom is -0.379 e. The molecule has 0 spiro atoms. The zero-order valence-corrected chi connectivity index (χ0v) is 11.8. The number of hydrogen-bond acceptors (Lipinski definition) is 4. The number of nitrogens with one attached hydrogen (secondary N) is 1. The number of rotatable bonds is 4. The predicted molar refractivity (Wildman–Crippen MR) is 69.6 cm³/mol. The summed E-state index contributed by atoms with van der Waals surface area (Å²) in [6, 6.07) is 0.0941. The number of nitrogens with zero attached hydrogens (tertiary/aromatic N) is 2. The van der Waals surface area contributed by atoms with Crippen LogP contribution >= 0.6 is 0 Å². The van der Waals surface area contributed by atoms with Crippen LogP contribution in [0, 0.1) is 0 Å². The van der Waals surface area contributed by atoms with Crippen molar-refractivity contribution in [2.24, 2.45) is 0 Å². The van der Waals surface area contributed by atoms with Crippen LogP contribution in [-0.4, -0.2) is 69.0 Å². The third-order valence-corrected chi connectivity index (χ3v) is 5.75. The van der Waals surface area contributed by atoms with Gasteiger partial charge in [0, 0.05) is 32.2 Å². The summed E-state index contributed by atoms with van der Waals surface area (Å²) in [5, 5.41) is 3.28. The fourth-order valence-electron chi connectivity index (χ4n) is 2.61. The molecule has 0 saturated carbocycles. The van der Waals surface area contributed by atoms with Crippen molar-refractivity contribution in [3.63, 3.8) is 0 Å². The Labute approximate surface area is 109 Å². The summed E-state index contributed by atoms with van der Waals surface area (Å²) in [4.78, 5) is 0. The molecule has 6 nitrogen and oxygen atoms in total. The van der Waals surface area contributed by atoms with E-state index in [9.17, 15) is 8.42 Å². The average Bonchev–Trinajstić information content (AvgIpc) is 2.41. The van der Waals surface area contributed by atoms with Gasteiger partial charge in [0.15, 0.2) is 0 Å². The lowest BCUT2D eigenvalue weighted by Crippen LogP contribution is -2.55. The van der Waals surface area contributed by atoms with E-state index in [1.54, 1.807) is 8.61 Å². The maximum absolute atomic E-state index is 12.6. The van der Waals surface area contributed by atoms with Crippen LogP contribution in [0.2, 0.25) is 0 Å². The van der Waals surface area contributed by atoms with Gasteiger partial charge in [-0.25, -0.2) is 0 Å². The van der Waals surface area contributed by atoms with Crippen LogP contribution in [0.4, 0.5) is 0 Å². The van der Waals surface area contributed by atoms with Gasteiger partial charge in [0.1, 0.15) is 0 Å². The van der Waals surface area contributed by atoms with Gasteiger partial charge >= 0.3 is 0 Å². The summed E-state index contributed by atoms with van der Waals surface area (Å²) in [7, 11) is -3.33. The monoisotopic (exact) mass is 277 g/mol. The van der Waals surface area contributed by atoms with Crippen LogP contribution in [-0.2, 0) is 14.9 Å². The minimum atomic E-state index is -3.33. The van der Waals surface area contributed by atoms with Crippen molar-refractivity contribution in [3.05, 3.63) is 0 Å². The zero-order chi connectivity index (χ0) is 13.0. The Morgan fingerprint density at radius 1 is 1.39 bits per heavy atom. The standard InChI is InChI=1S/C11H23N3O3S/c1-2-14(11-4-3-5-12-10-11)18(15,16)13-6-8-17-9-7-13/h11-12H,2-10H2,1H3. The second kappa shape index (κ2) is 6.29. The molecule has 0 aromatic rings. The van der Waals surface area contributed by atoms with Crippen LogP contribution < -0.4 is 5.32 Å². The Kier molecular flexibility index (Phi) is 4.97. The third-order valence-electron chi connectivity index (χ3n) is 3.58. The van der Waals surface area contributed by atoms with Crippen molar-refractivity contribution in [1.82, 2.24) is 13.9 Å². The second-order valence-corrected chi connectivity index (χ2v) is 6.60. The summed E-state index contributed by atoms with van der Waals surface area (Å²) in [5.74, 6) is 0. The summed E-state index contributed by atoms with van der Waals surface area (Å²) in [6.07, 6.45) is 1.99. The van der Waals surface area contributed by atoms with Gasteiger partial charge in [-0.1, -0.05) is 6.92 Å². The van der Waals surface area contributed by atoms with Gasteiger partial charge in [0.2, 0.25) is 0 Å². The first-order valence-corrected chi connectivity index (χ1v) is 8.11. The molecule has 2 fully saturated rings. The van der Waals surface area contributed by atoms with E-state index in [-0.39, 0.29) is 6.04 Å². The second-order valence-electron chi connectivity index (χ2n) is 4.72. The molecule has 2 saturated heterocycles. The first-order chi connectivity index (χ1) is 8.66. The van der Waals surface area contributed by atoms with Gasteiger partial charge in [0.25, 0.3) is 10.2 Å². The fraction of sp³-hybridized carbons (Fsp3) is 1.00. The Hall–Kier alpha value is -0.210. The maximum atomic E-state index is 12.6. The summed E-state index contributed by atoms with van der Waals surface area (Å²) >= 11 is 0. The van der Waals surface area contributed by atoms with Crippen LogP contribution in [0.3, 0.4) is 0 Å². The van der Waals surface area contributed by atoms with Crippen molar-refractivity contribution < 1.29 is 13.2 Å². The quantitative estimate of drug-likeness (QED) is 0.762. The molecule has 18 heavy (non-hydrogen) atoms. The van der Waals surface area contributed by atoms with Crippen molar-refractivity contribution in [2.75, 3.05) is 45.9 Å². The summed E-state index contributed by atoms with van der Waals surface area (Å²) < 4.78 is 33.6. The molecule has 2 heterocycles. The lowest BCUT2D eigenvalue weighted by atomic mass is 10.1. The molecule has 0 aromatic carbocycles. The van der Waals surface area contributed by atoms with E-state index in [2.05, 4.69) is 5.32 Å². The molecule has 7 heteroatoms. The Morgan fingerprint density at radius 3 is 2.67 bits per heavy atom. The summed E-state index contributed by atoms with van der Waals surface area (Å²) in [6.45, 7) is 6.14. The number of piperidine rings is 1. The highest BCUT2D eigenvalue weighted by Gasteiger charge is 2.35. The number of morpholine rings is 1. The molecule has 1 unspecified atom stereocenters. The Balaban J connectivity index is 2.08.